The van der Waals surface area contributed by atoms with Crippen LogP contribution in [0.4, 0.5) is 5.69 Å². The summed E-state index contributed by atoms with van der Waals surface area (Å²) in [5, 5.41) is 3.35. The van der Waals surface area contributed by atoms with E-state index in [9.17, 15) is 4.79 Å². The van der Waals surface area contributed by atoms with Crippen molar-refractivity contribution in [2.24, 2.45) is 0 Å². The number of para-hydroxylation sites is 1. The molecule has 0 aliphatic rings. The first-order chi connectivity index (χ1) is 10.1. The number of esters is 1. The lowest BCUT2D eigenvalue weighted by molar-refractivity contribution is -0.150. The number of anilines is 1. The Balaban J connectivity index is 2.90. The fourth-order valence-electron chi connectivity index (χ4n) is 2.29. The molecule has 1 aromatic carbocycles. The van der Waals surface area contributed by atoms with Gasteiger partial charge in [-0.25, -0.2) is 4.79 Å². The lowest BCUT2D eigenvalue weighted by atomic mass is 10.0. The van der Waals surface area contributed by atoms with E-state index in [-0.39, 0.29) is 5.97 Å². The van der Waals surface area contributed by atoms with Crippen molar-refractivity contribution >= 4 is 11.7 Å². The fraction of sp³-hybridized carbons (Fsp3) is 0.588. The van der Waals surface area contributed by atoms with Crippen LogP contribution in [-0.4, -0.2) is 37.7 Å². The van der Waals surface area contributed by atoms with Crippen molar-refractivity contribution in [2.75, 3.05) is 31.1 Å². The van der Waals surface area contributed by atoms with Gasteiger partial charge in [0.2, 0.25) is 0 Å². The highest BCUT2D eigenvalue weighted by molar-refractivity contribution is 5.81. The van der Waals surface area contributed by atoms with E-state index in [1.807, 2.05) is 32.0 Å². The molecule has 0 aliphatic heterocycles. The average molecular weight is 292 g/mol. The number of nitrogens with one attached hydrogen (secondary N) is 1. The molecule has 1 rings (SSSR count). The van der Waals surface area contributed by atoms with Gasteiger partial charge in [-0.2, -0.15) is 0 Å². The number of likely N-dealkylation sites (N-methyl/N-ethyl adjacent to an activating group) is 1. The molecule has 0 aromatic heterocycles. The average Bonchev–Trinajstić information content (AvgIpc) is 2.51. The maximum absolute atomic E-state index is 12.3. The Morgan fingerprint density at radius 2 is 1.90 bits per heavy atom. The van der Waals surface area contributed by atoms with Gasteiger partial charge in [-0.3, -0.25) is 0 Å². The van der Waals surface area contributed by atoms with Gasteiger partial charge in [0.25, 0.3) is 0 Å². The molecule has 0 spiro atoms. The molecule has 4 heteroatoms. The topological polar surface area (TPSA) is 41.6 Å². The van der Waals surface area contributed by atoms with Crippen LogP contribution in [0.25, 0.3) is 0 Å². The maximum Gasteiger partial charge on any atom is 0.327 e. The first-order valence-electron chi connectivity index (χ1n) is 7.79. The van der Waals surface area contributed by atoms with E-state index >= 15 is 0 Å². The van der Waals surface area contributed by atoms with Gasteiger partial charge in [0.1, 0.15) is 5.54 Å². The first-order valence-corrected chi connectivity index (χ1v) is 7.79. The Morgan fingerprint density at radius 1 is 1.24 bits per heavy atom. The molecule has 0 amide bonds. The van der Waals surface area contributed by atoms with Gasteiger partial charge in [-0.1, -0.05) is 25.1 Å². The van der Waals surface area contributed by atoms with E-state index < -0.39 is 5.54 Å². The van der Waals surface area contributed by atoms with Crippen LogP contribution in [0.1, 0.15) is 34.1 Å². The molecule has 0 saturated heterocycles. The van der Waals surface area contributed by atoms with Crippen molar-refractivity contribution in [3.05, 3.63) is 30.3 Å². The molecule has 1 atom stereocenters. The van der Waals surface area contributed by atoms with Crippen molar-refractivity contribution in [3.63, 3.8) is 0 Å². The lowest BCUT2D eigenvalue weighted by Crippen LogP contribution is -2.58. The number of carbonyl (C=O) groups excluding carboxylic acids is 1. The monoisotopic (exact) mass is 292 g/mol. The van der Waals surface area contributed by atoms with Crippen molar-refractivity contribution in [1.29, 1.82) is 0 Å². The van der Waals surface area contributed by atoms with Crippen molar-refractivity contribution in [3.8, 4) is 0 Å². The zero-order valence-corrected chi connectivity index (χ0v) is 13.7. The smallest absolute Gasteiger partial charge is 0.327 e. The van der Waals surface area contributed by atoms with Gasteiger partial charge < -0.3 is 15.0 Å². The normalized spacial score (nSPS) is 13.5. The predicted molar refractivity (Wildman–Crippen MR) is 87.7 cm³/mol. The second-order valence-corrected chi connectivity index (χ2v) is 5.33. The van der Waals surface area contributed by atoms with Gasteiger partial charge in [0.05, 0.1) is 6.61 Å². The van der Waals surface area contributed by atoms with Crippen molar-refractivity contribution in [1.82, 2.24) is 5.32 Å². The summed E-state index contributed by atoms with van der Waals surface area (Å²) in [7, 11) is 0. The second kappa shape index (κ2) is 8.67. The zero-order chi connectivity index (χ0) is 15.7. The summed E-state index contributed by atoms with van der Waals surface area (Å²) in [5.74, 6) is -0.187. The molecule has 0 radical (unpaired) electrons. The van der Waals surface area contributed by atoms with Crippen molar-refractivity contribution in [2.45, 2.75) is 39.7 Å². The predicted octanol–water partition coefficient (Wildman–Crippen LogP) is 2.83. The Morgan fingerprint density at radius 3 is 2.43 bits per heavy atom. The van der Waals surface area contributed by atoms with E-state index in [1.165, 1.54) is 0 Å². The SMILES string of the molecule is CCCNC(C)(CN(CC)c1ccccc1)C(=O)OCC. The minimum atomic E-state index is -0.697. The number of hydrogen-bond acceptors (Lipinski definition) is 4. The van der Waals surface area contributed by atoms with E-state index in [4.69, 9.17) is 4.74 Å². The number of nitrogens with zero attached hydrogens (tertiary/aromatic N) is 1. The van der Waals surface area contributed by atoms with E-state index in [1.54, 1.807) is 0 Å². The minimum absolute atomic E-state index is 0.187. The number of carbonyl (C=O) groups is 1. The number of hydrogen-bond donors (Lipinski definition) is 1. The van der Waals surface area contributed by atoms with Gasteiger partial charge in [0.15, 0.2) is 0 Å². The minimum Gasteiger partial charge on any atom is -0.465 e. The van der Waals surface area contributed by atoms with Gasteiger partial charge in [0, 0.05) is 18.8 Å². The standard InChI is InChI=1S/C17H28N2O2/c1-5-13-18-17(4,16(20)21-7-3)14-19(6-2)15-11-9-8-10-12-15/h8-12,18H,5-7,13-14H2,1-4H3. The molecule has 21 heavy (non-hydrogen) atoms. The lowest BCUT2D eigenvalue weighted by Gasteiger charge is -2.35. The van der Waals surface area contributed by atoms with E-state index in [0.29, 0.717) is 13.2 Å². The summed E-state index contributed by atoms with van der Waals surface area (Å²) in [6.07, 6.45) is 0.979. The summed E-state index contributed by atoms with van der Waals surface area (Å²) in [5.41, 5.74) is 0.423. The molecule has 0 fully saturated rings. The quantitative estimate of drug-likeness (QED) is 0.711. The highest BCUT2D eigenvalue weighted by atomic mass is 16.5. The molecule has 0 bridgehead atoms. The van der Waals surface area contributed by atoms with Gasteiger partial charge >= 0.3 is 5.97 Å². The molecule has 0 saturated carbocycles. The summed E-state index contributed by atoms with van der Waals surface area (Å²) < 4.78 is 5.26. The van der Waals surface area contributed by atoms with Gasteiger partial charge in [-0.15, -0.1) is 0 Å². The molecule has 1 unspecified atom stereocenters. The summed E-state index contributed by atoms with van der Waals surface area (Å²) >= 11 is 0. The zero-order valence-electron chi connectivity index (χ0n) is 13.7. The summed E-state index contributed by atoms with van der Waals surface area (Å²) in [6, 6.07) is 10.2. The van der Waals surface area contributed by atoms with Gasteiger partial charge in [-0.05, 0) is 45.9 Å². The Hall–Kier alpha value is -1.55. The molecule has 4 nitrogen and oxygen atoms in total. The third-order valence-corrected chi connectivity index (χ3v) is 3.50. The first kappa shape index (κ1) is 17.5. The number of ether oxygens (including phenoxy) is 1. The van der Waals surface area contributed by atoms with Crippen LogP contribution in [0, 0.1) is 0 Å². The molecular weight excluding hydrogens is 264 g/mol. The van der Waals surface area contributed by atoms with Crippen LogP contribution in [0.15, 0.2) is 30.3 Å². The third kappa shape index (κ3) is 5.05. The number of benzene rings is 1. The largest absolute Gasteiger partial charge is 0.465 e. The molecule has 118 valence electrons. The second-order valence-electron chi connectivity index (χ2n) is 5.33. The van der Waals surface area contributed by atoms with E-state index in [0.717, 1.165) is 25.2 Å². The van der Waals surface area contributed by atoms with Crippen LogP contribution in [0.5, 0.6) is 0 Å². The highest BCUT2D eigenvalue weighted by Gasteiger charge is 2.35. The third-order valence-electron chi connectivity index (χ3n) is 3.50. The summed E-state index contributed by atoms with van der Waals surface area (Å²) in [4.78, 5) is 14.5. The maximum atomic E-state index is 12.3. The number of rotatable bonds is 9. The molecule has 1 N–H and O–H groups in total. The Bertz CT molecular complexity index is 422. The van der Waals surface area contributed by atoms with Crippen LogP contribution in [-0.2, 0) is 9.53 Å². The fourth-order valence-corrected chi connectivity index (χ4v) is 2.29. The molecule has 1 aromatic rings. The van der Waals surface area contributed by atoms with Crippen LogP contribution < -0.4 is 10.2 Å². The van der Waals surface area contributed by atoms with Crippen LogP contribution >= 0.6 is 0 Å². The molecule has 0 heterocycles. The Labute approximate surface area is 128 Å². The summed E-state index contributed by atoms with van der Waals surface area (Å²) in [6.45, 7) is 10.6. The molecular formula is C17H28N2O2. The molecule has 0 aliphatic carbocycles. The highest BCUT2D eigenvalue weighted by Crippen LogP contribution is 2.18. The van der Waals surface area contributed by atoms with E-state index in [2.05, 4.69) is 36.2 Å². The van der Waals surface area contributed by atoms with Crippen LogP contribution in [0.2, 0.25) is 0 Å². The van der Waals surface area contributed by atoms with Crippen molar-refractivity contribution < 1.29 is 9.53 Å². The Kier molecular flexibility index (Phi) is 7.23. The van der Waals surface area contributed by atoms with Crippen LogP contribution in [0.3, 0.4) is 0 Å².